The molecule has 0 bridgehead atoms. The van der Waals surface area contributed by atoms with E-state index in [1.807, 2.05) is 67.6 Å². The molecule has 162 valence electrons. The van der Waals surface area contributed by atoms with Gasteiger partial charge in [-0.15, -0.1) is 0 Å². The molecular formula is C25H22N2O4S. The summed E-state index contributed by atoms with van der Waals surface area (Å²) in [5.74, 6) is -0.927. The number of nitrogens with zero attached hydrogens (tertiary/aromatic N) is 1. The van der Waals surface area contributed by atoms with Crippen LogP contribution in [0.25, 0.3) is 0 Å². The molecule has 0 aromatic heterocycles. The first-order valence-electron chi connectivity index (χ1n) is 10.5. The molecule has 1 N–H and O–H groups in total. The van der Waals surface area contributed by atoms with Crippen LogP contribution in [-0.4, -0.2) is 30.6 Å². The molecule has 1 aliphatic heterocycles. The molecular weight excluding hydrogens is 424 g/mol. The van der Waals surface area contributed by atoms with Gasteiger partial charge in [0.2, 0.25) is 0 Å². The van der Waals surface area contributed by atoms with Crippen molar-refractivity contribution >= 4 is 21.8 Å². The average Bonchev–Trinajstić information content (AvgIpc) is 3.61. The number of benzene rings is 3. The van der Waals surface area contributed by atoms with Crippen LogP contribution in [0.2, 0.25) is 0 Å². The highest BCUT2D eigenvalue weighted by Crippen LogP contribution is 2.40. The molecule has 3 aromatic carbocycles. The number of nitrogens with one attached hydrogen (secondary N) is 1. The minimum Gasteiger partial charge on any atom is -0.339 e. The zero-order valence-electron chi connectivity index (χ0n) is 17.5. The van der Waals surface area contributed by atoms with Crippen LogP contribution < -0.4 is 5.32 Å². The SMILES string of the molecule is CC(NC(=O)c1ccc2c(c1)S(=O)(=O)N(C1CC1)C2=O)(c1ccccc1)c1ccccc1. The van der Waals surface area contributed by atoms with Gasteiger partial charge in [-0.1, -0.05) is 60.7 Å². The fourth-order valence-corrected chi connectivity index (χ4v) is 6.05. The van der Waals surface area contributed by atoms with Crippen LogP contribution in [0, 0.1) is 0 Å². The van der Waals surface area contributed by atoms with E-state index >= 15 is 0 Å². The molecule has 2 aliphatic rings. The third-order valence-corrected chi connectivity index (χ3v) is 8.03. The Kier molecular flexibility index (Phi) is 4.67. The van der Waals surface area contributed by atoms with Gasteiger partial charge in [-0.2, -0.15) is 0 Å². The van der Waals surface area contributed by atoms with Gasteiger partial charge in [0.15, 0.2) is 0 Å². The van der Waals surface area contributed by atoms with E-state index in [4.69, 9.17) is 0 Å². The van der Waals surface area contributed by atoms with Crippen molar-refractivity contribution in [2.45, 2.75) is 36.2 Å². The second-order valence-electron chi connectivity index (χ2n) is 8.36. The molecule has 1 saturated carbocycles. The van der Waals surface area contributed by atoms with Gasteiger partial charge in [0, 0.05) is 11.6 Å². The van der Waals surface area contributed by atoms with Crippen LogP contribution in [0.5, 0.6) is 0 Å². The predicted molar refractivity (Wildman–Crippen MR) is 120 cm³/mol. The molecule has 6 nitrogen and oxygen atoms in total. The standard InChI is InChI=1S/C25H22N2O4S/c1-25(18-8-4-2-5-9-18,19-10-6-3-7-11-19)26-23(28)17-12-15-21-22(16-17)32(30,31)27(24(21)29)20-13-14-20/h2-12,15-16,20H,13-14H2,1H3,(H,26,28). The highest BCUT2D eigenvalue weighted by molar-refractivity contribution is 7.90. The Balaban J connectivity index is 1.52. The van der Waals surface area contributed by atoms with Crippen LogP contribution in [0.1, 0.15) is 51.6 Å². The lowest BCUT2D eigenvalue weighted by atomic mass is 9.84. The highest BCUT2D eigenvalue weighted by Gasteiger charge is 2.49. The molecule has 2 amide bonds. The normalized spacial score (nSPS) is 17.2. The van der Waals surface area contributed by atoms with Gasteiger partial charge < -0.3 is 5.32 Å². The maximum atomic E-state index is 13.3. The summed E-state index contributed by atoms with van der Waals surface area (Å²) in [4.78, 5) is 25.8. The van der Waals surface area contributed by atoms with Crippen molar-refractivity contribution in [3.8, 4) is 0 Å². The molecule has 1 fully saturated rings. The van der Waals surface area contributed by atoms with E-state index in [0.717, 1.165) is 15.4 Å². The van der Waals surface area contributed by atoms with Crippen molar-refractivity contribution in [1.29, 1.82) is 0 Å². The summed E-state index contributed by atoms with van der Waals surface area (Å²) in [6.45, 7) is 1.91. The largest absolute Gasteiger partial charge is 0.339 e. The van der Waals surface area contributed by atoms with Crippen LogP contribution in [0.3, 0.4) is 0 Å². The summed E-state index contributed by atoms with van der Waals surface area (Å²) in [5, 5.41) is 3.09. The third-order valence-electron chi connectivity index (χ3n) is 6.16. The molecule has 0 saturated heterocycles. The third kappa shape index (κ3) is 3.20. The van der Waals surface area contributed by atoms with Gasteiger partial charge in [-0.05, 0) is 49.1 Å². The second-order valence-corrected chi connectivity index (χ2v) is 10.1. The number of carbonyl (C=O) groups excluding carboxylic acids is 2. The summed E-state index contributed by atoms with van der Waals surface area (Å²) < 4.78 is 26.9. The van der Waals surface area contributed by atoms with E-state index in [2.05, 4.69) is 5.32 Å². The molecule has 1 aliphatic carbocycles. The van der Waals surface area contributed by atoms with Gasteiger partial charge in [0.25, 0.3) is 21.8 Å². The van der Waals surface area contributed by atoms with Crippen molar-refractivity contribution < 1.29 is 18.0 Å². The van der Waals surface area contributed by atoms with Crippen LogP contribution in [0.4, 0.5) is 0 Å². The number of fused-ring (bicyclic) bond motifs is 1. The van der Waals surface area contributed by atoms with Crippen molar-refractivity contribution in [3.63, 3.8) is 0 Å². The van der Waals surface area contributed by atoms with Crippen LogP contribution in [0.15, 0.2) is 83.8 Å². The van der Waals surface area contributed by atoms with E-state index in [9.17, 15) is 18.0 Å². The number of rotatable bonds is 5. The van der Waals surface area contributed by atoms with Crippen molar-refractivity contribution in [2.24, 2.45) is 0 Å². The summed E-state index contributed by atoms with van der Waals surface area (Å²) in [5.41, 5.74) is 1.26. The van der Waals surface area contributed by atoms with Gasteiger partial charge in [0.1, 0.15) is 4.90 Å². The van der Waals surface area contributed by atoms with Crippen molar-refractivity contribution in [3.05, 3.63) is 101 Å². The first-order chi connectivity index (χ1) is 15.3. The monoisotopic (exact) mass is 446 g/mol. The number of sulfonamides is 1. The fraction of sp³-hybridized carbons (Fsp3) is 0.200. The minimum absolute atomic E-state index is 0.0943. The first-order valence-corrected chi connectivity index (χ1v) is 11.9. The molecule has 3 aromatic rings. The molecule has 1 heterocycles. The molecule has 0 unspecified atom stereocenters. The molecule has 0 atom stereocenters. The number of hydrogen-bond donors (Lipinski definition) is 1. The molecule has 0 spiro atoms. The van der Waals surface area contributed by atoms with Gasteiger partial charge in [-0.3, -0.25) is 9.59 Å². The molecule has 32 heavy (non-hydrogen) atoms. The Morgan fingerprint density at radius 3 is 2.03 bits per heavy atom. The lowest BCUT2D eigenvalue weighted by Gasteiger charge is -2.32. The summed E-state index contributed by atoms with van der Waals surface area (Å²) in [6.07, 6.45) is 1.36. The second kappa shape index (κ2) is 7.31. The fourth-order valence-electron chi connectivity index (χ4n) is 4.21. The zero-order valence-corrected chi connectivity index (χ0v) is 18.3. The van der Waals surface area contributed by atoms with E-state index in [1.165, 1.54) is 18.2 Å². The number of hydrogen-bond acceptors (Lipinski definition) is 4. The van der Waals surface area contributed by atoms with E-state index in [-0.39, 0.29) is 22.1 Å². The smallest absolute Gasteiger partial charge is 0.269 e. The highest BCUT2D eigenvalue weighted by atomic mass is 32.2. The average molecular weight is 447 g/mol. The summed E-state index contributed by atoms with van der Waals surface area (Å²) in [6, 6.07) is 23.2. The Bertz CT molecular complexity index is 1280. The Labute approximate surface area is 186 Å². The topological polar surface area (TPSA) is 83.6 Å². The van der Waals surface area contributed by atoms with Gasteiger partial charge in [-0.25, -0.2) is 12.7 Å². The first kappa shape index (κ1) is 20.5. The number of amides is 2. The lowest BCUT2D eigenvalue weighted by molar-refractivity contribution is 0.0862. The van der Waals surface area contributed by atoms with Gasteiger partial charge >= 0.3 is 0 Å². The number of carbonyl (C=O) groups is 2. The predicted octanol–water partition coefficient (Wildman–Crippen LogP) is 3.69. The summed E-state index contributed by atoms with van der Waals surface area (Å²) in [7, 11) is -3.93. The van der Waals surface area contributed by atoms with Crippen LogP contribution in [-0.2, 0) is 15.6 Å². The van der Waals surface area contributed by atoms with Crippen molar-refractivity contribution in [1.82, 2.24) is 9.62 Å². The van der Waals surface area contributed by atoms with E-state index in [1.54, 1.807) is 0 Å². The molecule has 0 radical (unpaired) electrons. The quantitative estimate of drug-likeness (QED) is 0.648. The van der Waals surface area contributed by atoms with E-state index in [0.29, 0.717) is 12.8 Å². The zero-order chi connectivity index (χ0) is 22.5. The van der Waals surface area contributed by atoms with Gasteiger partial charge in [0.05, 0.1) is 11.1 Å². The minimum atomic E-state index is -3.93. The van der Waals surface area contributed by atoms with E-state index < -0.39 is 27.4 Å². The summed E-state index contributed by atoms with van der Waals surface area (Å²) >= 11 is 0. The van der Waals surface area contributed by atoms with Crippen LogP contribution >= 0.6 is 0 Å². The lowest BCUT2D eigenvalue weighted by Crippen LogP contribution is -2.44. The van der Waals surface area contributed by atoms with Crippen molar-refractivity contribution in [2.75, 3.05) is 0 Å². The Hall–Kier alpha value is -3.45. The maximum Gasteiger partial charge on any atom is 0.269 e. The molecule has 7 heteroatoms. The maximum absolute atomic E-state index is 13.3. The Morgan fingerprint density at radius 2 is 1.50 bits per heavy atom. The molecule has 5 rings (SSSR count). The Morgan fingerprint density at radius 1 is 0.938 bits per heavy atom.